The topological polar surface area (TPSA) is 102 Å². The van der Waals surface area contributed by atoms with Crippen LogP contribution < -0.4 is 10.0 Å². The number of halogens is 1. The Kier molecular flexibility index (Phi) is 6.65. The third kappa shape index (κ3) is 5.87. The molecule has 27 heavy (non-hydrogen) atoms. The Hall–Kier alpha value is -2.78. The van der Waals surface area contributed by atoms with Crippen molar-refractivity contribution in [2.75, 3.05) is 11.9 Å². The normalized spacial score (nSPS) is 12.3. The summed E-state index contributed by atoms with van der Waals surface area (Å²) in [5, 5.41) is 2.29. The molecule has 0 aliphatic rings. The van der Waals surface area contributed by atoms with Gasteiger partial charge in [-0.3, -0.25) is 9.59 Å². The van der Waals surface area contributed by atoms with E-state index in [0.29, 0.717) is 0 Å². The molecule has 0 spiro atoms. The molecule has 0 aliphatic carbocycles. The van der Waals surface area contributed by atoms with Crippen LogP contribution >= 0.6 is 0 Å². The van der Waals surface area contributed by atoms with E-state index in [4.69, 9.17) is 4.74 Å². The molecule has 0 unspecified atom stereocenters. The van der Waals surface area contributed by atoms with Crippen LogP contribution in [0.3, 0.4) is 0 Å². The van der Waals surface area contributed by atoms with Gasteiger partial charge in [-0.15, -0.1) is 0 Å². The molecule has 144 valence electrons. The van der Waals surface area contributed by atoms with Crippen LogP contribution in [-0.2, 0) is 24.3 Å². The quantitative estimate of drug-likeness (QED) is 0.700. The highest BCUT2D eigenvalue weighted by molar-refractivity contribution is 7.89. The average Bonchev–Trinajstić information content (AvgIpc) is 2.62. The van der Waals surface area contributed by atoms with Gasteiger partial charge >= 0.3 is 5.97 Å². The Morgan fingerprint density at radius 3 is 2.37 bits per heavy atom. The lowest BCUT2D eigenvalue weighted by molar-refractivity contribution is -0.151. The second-order valence-electron chi connectivity index (χ2n) is 5.74. The van der Waals surface area contributed by atoms with Crippen molar-refractivity contribution in [3.05, 3.63) is 59.9 Å². The minimum atomic E-state index is -3.88. The smallest absolute Gasteiger partial charge is 0.321 e. The summed E-state index contributed by atoms with van der Waals surface area (Å²) in [6.45, 7) is 2.46. The maximum atomic E-state index is 13.5. The second kappa shape index (κ2) is 8.74. The number of hydrogen-bond donors (Lipinski definition) is 2. The summed E-state index contributed by atoms with van der Waals surface area (Å²) in [7, 11) is -3.88. The van der Waals surface area contributed by atoms with Gasteiger partial charge in [0.05, 0.1) is 10.6 Å². The molecule has 0 aliphatic heterocycles. The van der Waals surface area contributed by atoms with E-state index in [-0.39, 0.29) is 10.6 Å². The van der Waals surface area contributed by atoms with E-state index in [1.165, 1.54) is 43.3 Å². The fourth-order valence-electron chi connectivity index (χ4n) is 2.04. The number of aryl methyl sites for hydroxylation is 1. The average molecular weight is 394 g/mol. The van der Waals surface area contributed by atoms with Crippen molar-refractivity contribution in [3.8, 4) is 0 Å². The van der Waals surface area contributed by atoms with Crippen molar-refractivity contribution in [1.29, 1.82) is 0 Å². The molecule has 0 bridgehead atoms. The van der Waals surface area contributed by atoms with Gasteiger partial charge in [-0.05, 0) is 38.1 Å². The third-order valence-corrected chi connectivity index (χ3v) is 4.96. The predicted molar refractivity (Wildman–Crippen MR) is 97.0 cm³/mol. The van der Waals surface area contributed by atoms with Crippen LogP contribution in [0.1, 0.15) is 12.5 Å². The molecule has 0 heterocycles. The molecule has 1 atom stereocenters. The molecule has 2 aromatic carbocycles. The molecule has 9 heteroatoms. The van der Waals surface area contributed by atoms with Crippen LogP contribution in [0, 0.1) is 12.7 Å². The molecule has 7 nitrogen and oxygen atoms in total. The molecular formula is C18H19FN2O5S. The van der Waals surface area contributed by atoms with Gasteiger partial charge in [0.2, 0.25) is 10.0 Å². The molecule has 0 fully saturated rings. The number of para-hydroxylation sites is 1. The van der Waals surface area contributed by atoms with Crippen LogP contribution in [0.5, 0.6) is 0 Å². The highest BCUT2D eigenvalue weighted by Crippen LogP contribution is 2.13. The number of carbonyl (C=O) groups excluding carboxylic acids is 2. The maximum Gasteiger partial charge on any atom is 0.321 e. The van der Waals surface area contributed by atoms with Gasteiger partial charge in [0.25, 0.3) is 5.91 Å². The standard InChI is InChI=1S/C18H19FN2O5S/c1-12-7-9-14(10-8-12)27(24,25)20-11-17(22)26-13(2)18(23)21-16-6-4-3-5-15(16)19/h3-10,13,20H,11H2,1-2H3,(H,21,23)/t13-/m1/s1. The zero-order chi connectivity index (χ0) is 20.0. The van der Waals surface area contributed by atoms with E-state index in [1.807, 2.05) is 6.92 Å². The summed E-state index contributed by atoms with van der Waals surface area (Å²) in [5.41, 5.74) is 0.841. The van der Waals surface area contributed by atoms with Gasteiger partial charge in [0, 0.05) is 0 Å². The number of esters is 1. The summed E-state index contributed by atoms with van der Waals surface area (Å²) in [5.74, 6) is -2.31. The molecule has 2 N–H and O–H groups in total. The van der Waals surface area contributed by atoms with Gasteiger partial charge in [-0.1, -0.05) is 29.8 Å². The largest absolute Gasteiger partial charge is 0.452 e. The zero-order valence-corrected chi connectivity index (χ0v) is 15.5. The first-order chi connectivity index (χ1) is 12.7. The van der Waals surface area contributed by atoms with Crippen molar-refractivity contribution in [2.24, 2.45) is 0 Å². The van der Waals surface area contributed by atoms with Gasteiger partial charge in [0.1, 0.15) is 12.4 Å². The number of ether oxygens (including phenoxy) is 1. The maximum absolute atomic E-state index is 13.5. The van der Waals surface area contributed by atoms with E-state index >= 15 is 0 Å². The Labute approximate surface area is 156 Å². The highest BCUT2D eigenvalue weighted by atomic mass is 32.2. The van der Waals surface area contributed by atoms with Crippen molar-refractivity contribution in [2.45, 2.75) is 24.8 Å². The Morgan fingerprint density at radius 1 is 1.11 bits per heavy atom. The lowest BCUT2D eigenvalue weighted by Crippen LogP contribution is -2.36. The highest BCUT2D eigenvalue weighted by Gasteiger charge is 2.21. The van der Waals surface area contributed by atoms with Crippen molar-refractivity contribution < 1.29 is 27.1 Å². The minimum Gasteiger partial charge on any atom is -0.452 e. The lowest BCUT2D eigenvalue weighted by atomic mass is 10.2. The second-order valence-corrected chi connectivity index (χ2v) is 7.51. The van der Waals surface area contributed by atoms with Gasteiger partial charge < -0.3 is 10.1 Å². The lowest BCUT2D eigenvalue weighted by Gasteiger charge is -2.14. The van der Waals surface area contributed by atoms with Crippen molar-refractivity contribution >= 4 is 27.6 Å². The molecule has 2 aromatic rings. The monoisotopic (exact) mass is 394 g/mol. The van der Waals surface area contributed by atoms with Crippen LogP contribution in [0.15, 0.2) is 53.4 Å². The van der Waals surface area contributed by atoms with Gasteiger partial charge in [0.15, 0.2) is 6.10 Å². The van der Waals surface area contributed by atoms with Crippen LogP contribution in [0.2, 0.25) is 0 Å². The number of carbonyl (C=O) groups is 2. The van der Waals surface area contributed by atoms with Crippen LogP contribution in [0.4, 0.5) is 10.1 Å². The fraction of sp³-hybridized carbons (Fsp3) is 0.222. The van der Waals surface area contributed by atoms with E-state index in [9.17, 15) is 22.4 Å². The van der Waals surface area contributed by atoms with E-state index in [1.54, 1.807) is 12.1 Å². The molecule has 0 saturated carbocycles. The molecule has 1 amide bonds. The first kappa shape index (κ1) is 20.5. The van der Waals surface area contributed by atoms with Crippen LogP contribution in [-0.4, -0.2) is 32.9 Å². The third-order valence-electron chi connectivity index (χ3n) is 3.55. The van der Waals surface area contributed by atoms with Crippen molar-refractivity contribution in [1.82, 2.24) is 4.72 Å². The van der Waals surface area contributed by atoms with E-state index in [2.05, 4.69) is 10.0 Å². The molecule has 2 rings (SSSR count). The van der Waals surface area contributed by atoms with E-state index in [0.717, 1.165) is 5.56 Å². The van der Waals surface area contributed by atoms with Gasteiger partial charge in [-0.25, -0.2) is 12.8 Å². The first-order valence-electron chi connectivity index (χ1n) is 8.00. The summed E-state index contributed by atoms with van der Waals surface area (Å²) < 4.78 is 44.7. The Bertz CT molecular complexity index is 929. The SMILES string of the molecule is Cc1ccc(S(=O)(=O)NCC(=O)O[C@H](C)C(=O)Nc2ccccc2F)cc1. The Morgan fingerprint density at radius 2 is 1.74 bits per heavy atom. The molecule has 0 aromatic heterocycles. The first-order valence-corrected chi connectivity index (χ1v) is 9.48. The fourth-order valence-corrected chi connectivity index (χ4v) is 3.01. The predicted octanol–water partition coefficient (Wildman–Crippen LogP) is 1.98. The van der Waals surface area contributed by atoms with Gasteiger partial charge in [-0.2, -0.15) is 4.72 Å². The summed E-state index contributed by atoms with van der Waals surface area (Å²) in [4.78, 5) is 23.8. The minimum absolute atomic E-state index is 0.00578. The molecule has 0 saturated heterocycles. The summed E-state index contributed by atoms with van der Waals surface area (Å²) >= 11 is 0. The number of amides is 1. The molecular weight excluding hydrogens is 375 g/mol. The number of benzene rings is 2. The Balaban J connectivity index is 1.88. The number of rotatable bonds is 7. The number of sulfonamides is 1. The van der Waals surface area contributed by atoms with E-state index < -0.39 is 40.4 Å². The number of anilines is 1. The summed E-state index contributed by atoms with van der Waals surface area (Å²) in [6.07, 6.45) is -1.24. The number of hydrogen-bond acceptors (Lipinski definition) is 5. The van der Waals surface area contributed by atoms with Crippen molar-refractivity contribution in [3.63, 3.8) is 0 Å². The van der Waals surface area contributed by atoms with Crippen LogP contribution in [0.25, 0.3) is 0 Å². The summed E-state index contributed by atoms with van der Waals surface area (Å²) in [6, 6.07) is 11.6. The molecule has 0 radical (unpaired) electrons. The number of nitrogens with one attached hydrogen (secondary N) is 2. The zero-order valence-electron chi connectivity index (χ0n) is 14.7.